The van der Waals surface area contributed by atoms with Crippen LogP contribution in [0.15, 0.2) is 97.1 Å². The fourth-order valence-electron chi connectivity index (χ4n) is 7.68. The standard InChI is InChI=1S/C36H44B2P2.CH3.Ni/c1-25(2)39(26(3)4)35-23-15-13-21-33(35)37-29-17-9-11-19-31(29)38(32-20-12-10-18-30(32)37)34-22-14-16-24-36(34)40(27(5)6)28(7)8;;/h9-28H,1-8H3;1H3;/q;-1;/p+2. The Hall–Kier alpha value is -1.64. The van der Waals surface area contributed by atoms with E-state index < -0.39 is 15.8 Å². The van der Waals surface area contributed by atoms with E-state index in [1.54, 1.807) is 10.6 Å². The van der Waals surface area contributed by atoms with E-state index in [0.717, 1.165) is 0 Å². The van der Waals surface area contributed by atoms with Crippen LogP contribution in [0.4, 0.5) is 0 Å². The normalized spacial score (nSPS) is 12.6. The van der Waals surface area contributed by atoms with Gasteiger partial charge in [-0.2, -0.15) is 0 Å². The summed E-state index contributed by atoms with van der Waals surface area (Å²) in [6, 6.07) is 37.6. The SMILES string of the molecule is CC(C)[PH+](c1ccccc1B1c2ccccc2B(c2ccccc2[PH+](C(C)C)C(C)C)c2ccccc21)C(C)C.[CH3-].[Ni]. The smallest absolute Gasteiger partial charge is 0.245 e. The minimum Gasteiger partial charge on any atom is -0.358 e. The zero-order chi connectivity index (χ0) is 28.6. The fraction of sp³-hybridized carbons (Fsp3) is 0.324. The molecule has 0 aromatic heterocycles. The molecule has 0 N–H and O–H groups in total. The molecule has 0 saturated carbocycles. The van der Waals surface area contributed by atoms with Gasteiger partial charge >= 0.3 is 0 Å². The summed E-state index contributed by atoms with van der Waals surface area (Å²) in [5, 5.41) is 3.24. The molecule has 5 heteroatoms. The first-order valence-corrected chi connectivity index (χ1v) is 18.6. The Morgan fingerprint density at radius 1 is 0.381 bits per heavy atom. The molecule has 5 rings (SSSR count). The molecule has 0 amide bonds. The molecule has 1 aliphatic heterocycles. The van der Waals surface area contributed by atoms with E-state index in [4.69, 9.17) is 0 Å². The molecule has 4 aromatic carbocycles. The van der Waals surface area contributed by atoms with Crippen LogP contribution in [0.1, 0.15) is 55.4 Å². The van der Waals surface area contributed by atoms with Crippen LogP contribution in [0.2, 0.25) is 0 Å². The summed E-state index contributed by atoms with van der Waals surface area (Å²) in [5.41, 5.74) is 11.8. The first-order valence-electron chi connectivity index (χ1n) is 15.3. The fourth-order valence-corrected chi connectivity index (χ4v) is 14.5. The van der Waals surface area contributed by atoms with Crippen molar-refractivity contribution in [3.8, 4) is 0 Å². The van der Waals surface area contributed by atoms with Crippen molar-refractivity contribution in [2.75, 3.05) is 0 Å². The van der Waals surface area contributed by atoms with Gasteiger partial charge in [-0.1, -0.05) is 107 Å². The van der Waals surface area contributed by atoms with E-state index in [0.29, 0.717) is 22.6 Å². The van der Waals surface area contributed by atoms with Gasteiger partial charge in [0.15, 0.2) is 0 Å². The minimum absolute atomic E-state index is 0. The van der Waals surface area contributed by atoms with E-state index in [9.17, 15) is 0 Å². The summed E-state index contributed by atoms with van der Waals surface area (Å²) < 4.78 is 0. The third-order valence-corrected chi connectivity index (χ3v) is 16.0. The van der Waals surface area contributed by atoms with Crippen LogP contribution in [0.5, 0.6) is 0 Å². The Kier molecular flexibility index (Phi) is 12.4. The van der Waals surface area contributed by atoms with Crippen molar-refractivity contribution < 1.29 is 16.5 Å². The Balaban J connectivity index is 0.00000242. The maximum absolute atomic E-state index is 2.45. The molecule has 0 fully saturated rings. The van der Waals surface area contributed by atoms with Crippen molar-refractivity contribution in [2.45, 2.75) is 78.0 Å². The van der Waals surface area contributed by atoms with Crippen molar-refractivity contribution in [3.05, 3.63) is 104 Å². The first kappa shape index (κ1) is 34.8. The van der Waals surface area contributed by atoms with Crippen LogP contribution in [-0.2, 0) is 16.5 Å². The average molecular weight is 636 g/mol. The number of hydrogen-bond donors (Lipinski definition) is 0. The molecule has 0 spiro atoms. The topological polar surface area (TPSA) is 0 Å². The maximum Gasteiger partial charge on any atom is 0.245 e. The van der Waals surface area contributed by atoms with E-state index in [2.05, 4.69) is 152 Å². The zero-order valence-electron chi connectivity index (χ0n) is 27.0. The molecule has 0 saturated heterocycles. The second kappa shape index (κ2) is 14.9. The van der Waals surface area contributed by atoms with E-state index in [1.165, 1.54) is 32.8 Å². The molecule has 0 aliphatic carbocycles. The predicted octanol–water partition coefficient (Wildman–Crippen LogP) is 4.79. The Morgan fingerprint density at radius 2 is 0.595 bits per heavy atom. The van der Waals surface area contributed by atoms with Crippen molar-refractivity contribution >= 4 is 72.7 Å². The van der Waals surface area contributed by atoms with Gasteiger partial charge in [-0.15, -0.1) is 0 Å². The molecule has 4 aromatic rings. The van der Waals surface area contributed by atoms with Gasteiger partial charge in [0.25, 0.3) is 0 Å². The molecule has 42 heavy (non-hydrogen) atoms. The van der Waals surface area contributed by atoms with Gasteiger partial charge in [-0.3, -0.25) is 0 Å². The first-order chi connectivity index (χ1) is 19.2. The molecule has 222 valence electrons. The molecule has 1 heterocycles. The molecule has 1 aliphatic rings. The summed E-state index contributed by atoms with van der Waals surface area (Å²) in [5.74, 6) is 0. The van der Waals surface area contributed by atoms with Crippen LogP contribution in [-0.4, -0.2) is 36.1 Å². The van der Waals surface area contributed by atoms with E-state index >= 15 is 0 Å². The molecular formula is C37H49B2NiP2+. The Labute approximate surface area is 270 Å². The predicted molar refractivity (Wildman–Crippen MR) is 198 cm³/mol. The molecule has 0 nitrogen and oxygen atoms in total. The van der Waals surface area contributed by atoms with Gasteiger partial charge in [-0.25, -0.2) is 0 Å². The van der Waals surface area contributed by atoms with Gasteiger partial charge in [0.1, 0.15) is 0 Å². The van der Waals surface area contributed by atoms with Crippen LogP contribution in [0, 0.1) is 7.43 Å². The zero-order valence-corrected chi connectivity index (χ0v) is 30.0. The second-order valence-corrected chi connectivity index (χ2v) is 20.3. The van der Waals surface area contributed by atoms with Gasteiger partial charge in [0.05, 0.1) is 33.2 Å². The van der Waals surface area contributed by atoms with Gasteiger partial charge in [0, 0.05) is 32.3 Å². The molecule has 0 radical (unpaired) electrons. The van der Waals surface area contributed by atoms with Crippen LogP contribution in [0.25, 0.3) is 0 Å². The van der Waals surface area contributed by atoms with Crippen molar-refractivity contribution in [3.63, 3.8) is 0 Å². The third-order valence-electron chi connectivity index (χ3n) is 8.89. The number of hydrogen-bond acceptors (Lipinski definition) is 0. The number of fused-ring (bicyclic) bond motifs is 2. The van der Waals surface area contributed by atoms with Crippen LogP contribution < -0.4 is 43.4 Å². The molecule has 0 unspecified atom stereocenters. The number of benzene rings is 4. The van der Waals surface area contributed by atoms with Gasteiger partial charge in [-0.05, 0) is 78.4 Å². The van der Waals surface area contributed by atoms with Crippen LogP contribution in [0.3, 0.4) is 0 Å². The summed E-state index contributed by atoms with van der Waals surface area (Å²) in [7, 11) is -1.47. The largest absolute Gasteiger partial charge is 0.358 e. The summed E-state index contributed by atoms with van der Waals surface area (Å²) in [4.78, 5) is 0. The molecule has 0 bridgehead atoms. The molecular weight excluding hydrogens is 587 g/mol. The van der Waals surface area contributed by atoms with Crippen molar-refractivity contribution in [1.29, 1.82) is 0 Å². The maximum atomic E-state index is 2.45. The average Bonchev–Trinajstić information content (AvgIpc) is 2.92. The quantitative estimate of drug-likeness (QED) is 0.131. The Bertz CT molecular complexity index is 1290. The van der Waals surface area contributed by atoms with Crippen molar-refractivity contribution in [2.24, 2.45) is 0 Å². The molecule has 0 atom stereocenters. The summed E-state index contributed by atoms with van der Waals surface area (Å²) >= 11 is 0. The second-order valence-electron chi connectivity index (χ2n) is 12.8. The van der Waals surface area contributed by atoms with Crippen molar-refractivity contribution in [1.82, 2.24) is 0 Å². The number of rotatable bonds is 8. The third kappa shape index (κ3) is 6.56. The summed E-state index contributed by atoms with van der Waals surface area (Å²) in [6.45, 7) is 20.0. The van der Waals surface area contributed by atoms with Crippen LogP contribution >= 0.6 is 15.8 Å². The van der Waals surface area contributed by atoms with E-state index in [-0.39, 0.29) is 37.3 Å². The monoisotopic (exact) mass is 635 g/mol. The van der Waals surface area contributed by atoms with Gasteiger partial charge in [0.2, 0.25) is 13.4 Å². The summed E-state index contributed by atoms with van der Waals surface area (Å²) in [6.07, 6.45) is 0. The van der Waals surface area contributed by atoms with E-state index in [1.807, 2.05) is 0 Å². The van der Waals surface area contributed by atoms with Gasteiger partial charge < -0.3 is 7.43 Å². The Morgan fingerprint density at radius 3 is 0.833 bits per heavy atom. The minimum atomic E-state index is -0.735.